The number of amides is 1. The highest BCUT2D eigenvalue weighted by Crippen LogP contribution is 2.22. The van der Waals surface area contributed by atoms with Crippen LogP contribution in [-0.2, 0) is 13.0 Å². The number of imidazole rings is 1. The number of carbonyl (C=O) groups excluding carboxylic acids is 1. The number of halogens is 2. The zero-order chi connectivity index (χ0) is 17.9. The summed E-state index contributed by atoms with van der Waals surface area (Å²) in [7, 11) is 0. The molecule has 0 radical (unpaired) electrons. The van der Waals surface area contributed by atoms with E-state index >= 15 is 0 Å². The van der Waals surface area contributed by atoms with E-state index in [0.29, 0.717) is 12.2 Å². The number of nitrogens with zero attached hydrogens (tertiary/aromatic N) is 2. The maximum Gasteiger partial charge on any atom is 0.272 e. The van der Waals surface area contributed by atoms with E-state index in [4.69, 9.17) is 0 Å². The fraction of sp³-hybridized carbons (Fsp3) is 0.389. The van der Waals surface area contributed by atoms with Crippen molar-refractivity contribution in [3.05, 3.63) is 47.0 Å². The number of aromatic nitrogens is 4. The van der Waals surface area contributed by atoms with Crippen LogP contribution in [0.1, 0.15) is 40.0 Å². The highest BCUT2D eigenvalue weighted by atomic mass is 35.5. The van der Waals surface area contributed by atoms with Crippen LogP contribution >= 0.6 is 36.6 Å². The van der Waals surface area contributed by atoms with Gasteiger partial charge in [0.05, 0.1) is 17.1 Å². The topological polar surface area (TPSA) is 98.5 Å². The molecule has 0 bridgehead atoms. The Labute approximate surface area is 180 Å². The number of H-pyrrole nitrogens is 2. The number of para-hydroxylation sites is 2. The van der Waals surface area contributed by atoms with Crippen LogP contribution in [0.15, 0.2) is 24.3 Å². The third-order valence-electron chi connectivity index (χ3n) is 4.68. The van der Waals surface area contributed by atoms with Crippen LogP contribution in [0, 0.1) is 0 Å². The molecule has 1 amide bonds. The standard InChI is InChI=1S/C18H22N6OS.2ClH/c1-26-9-7-15(17-20-13-4-2-3-5-14(13)21-17)22-18(25)16-11-10-19-8-6-12(11)23-24-16;;/h2-5,15,19H,6-10H2,1H3,(H,20,21)(H,22,25)(H,23,24);2*1H. The van der Waals surface area contributed by atoms with Gasteiger partial charge in [-0.25, -0.2) is 4.98 Å². The van der Waals surface area contributed by atoms with Crippen LogP contribution in [0.5, 0.6) is 0 Å². The molecule has 152 valence electrons. The van der Waals surface area contributed by atoms with Gasteiger partial charge in [0.15, 0.2) is 5.69 Å². The van der Waals surface area contributed by atoms with Crippen LogP contribution in [-0.4, -0.2) is 44.6 Å². The second kappa shape index (κ2) is 10.2. The Balaban J connectivity index is 0.00000140. The molecule has 10 heteroatoms. The molecule has 1 atom stereocenters. The number of hydrogen-bond donors (Lipinski definition) is 4. The molecular weight excluding hydrogens is 419 g/mol. The van der Waals surface area contributed by atoms with E-state index in [1.54, 1.807) is 11.8 Å². The quantitative estimate of drug-likeness (QED) is 0.470. The summed E-state index contributed by atoms with van der Waals surface area (Å²) in [5.74, 6) is 1.57. The van der Waals surface area contributed by atoms with E-state index in [2.05, 4.69) is 37.1 Å². The lowest BCUT2D eigenvalue weighted by atomic mass is 10.1. The van der Waals surface area contributed by atoms with E-state index < -0.39 is 0 Å². The molecule has 0 saturated carbocycles. The first kappa shape index (κ1) is 22.5. The van der Waals surface area contributed by atoms with Crippen molar-refractivity contribution < 1.29 is 4.79 Å². The van der Waals surface area contributed by atoms with Gasteiger partial charge < -0.3 is 15.6 Å². The zero-order valence-corrected chi connectivity index (χ0v) is 17.9. The zero-order valence-electron chi connectivity index (χ0n) is 15.4. The van der Waals surface area contributed by atoms with Gasteiger partial charge in [0.2, 0.25) is 0 Å². The summed E-state index contributed by atoms with van der Waals surface area (Å²) in [4.78, 5) is 20.9. The first-order chi connectivity index (χ1) is 12.8. The maximum absolute atomic E-state index is 12.9. The maximum atomic E-state index is 12.9. The normalized spacial score (nSPS) is 13.9. The SMILES string of the molecule is CSCCC(NC(=O)c1n[nH]c2c1CNCC2)c1nc2ccccc2[nH]1.Cl.Cl. The molecule has 0 spiro atoms. The van der Waals surface area contributed by atoms with Gasteiger partial charge in [-0.2, -0.15) is 16.9 Å². The van der Waals surface area contributed by atoms with E-state index in [-0.39, 0.29) is 36.8 Å². The second-order valence-electron chi connectivity index (χ2n) is 6.40. The van der Waals surface area contributed by atoms with Gasteiger partial charge in [0, 0.05) is 30.8 Å². The fourth-order valence-electron chi connectivity index (χ4n) is 3.29. The van der Waals surface area contributed by atoms with Gasteiger partial charge >= 0.3 is 0 Å². The van der Waals surface area contributed by atoms with E-state index in [1.807, 2.05) is 24.3 Å². The minimum Gasteiger partial charge on any atom is -0.341 e. The molecule has 7 nitrogen and oxygen atoms in total. The number of benzene rings is 1. The van der Waals surface area contributed by atoms with Crippen molar-refractivity contribution >= 4 is 53.5 Å². The molecule has 3 heterocycles. The smallest absolute Gasteiger partial charge is 0.272 e. The number of carbonyl (C=O) groups is 1. The lowest BCUT2D eigenvalue weighted by Gasteiger charge is -2.17. The molecule has 4 rings (SSSR count). The number of thioether (sulfide) groups is 1. The molecule has 0 aliphatic carbocycles. The summed E-state index contributed by atoms with van der Waals surface area (Å²) in [5, 5.41) is 13.7. The lowest BCUT2D eigenvalue weighted by Crippen LogP contribution is -2.32. The Morgan fingerprint density at radius 1 is 1.32 bits per heavy atom. The number of hydrogen-bond acceptors (Lipinski definition) is 5. The van der Waals surface area contributed by atoms with Crippen LogP contribution in [0.4, 0.5) is 0 Å². The predicted molar refractivity (Wildman–Crippen MR) is 118 cm³/mol. The molecule has 2 aromatic heterocycles. The van der Waals surface area contributed by atoms with Crippen LogP contribution < -0.4 is 10.6 Å². The average Bonchev–Trinajstić information content (AvgIpc) is 3.29. The fourth-order valence-corrected chi connectivity index (χ4v) is 3.76. The molecule has 0 saturated heterocycles. The molecule has 1 aromatic carbocycles. The summed E-state index contributed by atoms with van der Waals surface area (Å²) in [6, 6.07) is 7.73. The second-order valence-corrected chi connectivity index (χ2v) is 7.39. The van der Waals surface area contributed by atoms with Crippen molar-refractivity contribution in [3.8, 4) is 0 Å². The minimum atomic E-state index is -0.175. The van der Waals surface area contributed by atoms with Crippen molar-refractivity contribution in [1.29, 1.82) is 0 Å². The van der Waals surface area contributed by atoms with Crippen molar-refractivity contribution in [2.75, 3.05) is 18.6 Å². The summed E-state index contributed by atoms with van der Waals surface area (Å²) in [5.41, 5.74) is 4.40. The number of rotatable bonds is 6. The highest BCUT2D eigenvalue weighted by Gasteiger charge is 2.25. The lowest BCUT2D eigenvalue weighted by molar-refractivity contribution is 0.0928. The third kappa shape index (κ3) is 4.63. The summed E-state index contributed by atoms with van der Waals surface area (Å²) in [6.45, 7) is 1.58. The molecule has 0 fully saturated rings. The number of fused-ring (bicyclic) bond motifs is 2. The van der Waals surface area contributed by atoms with Crippen molar-refractivity contribution in [1.82, 2.24) is 30.8 Å². The van der Waals surface area contributed by atoms with E-state index in [9.17, 15) is 4.79 Å². The van der Waals surface area contributed by atoms with Crippen molar-refractivity contribution in [2.24, 2.45) is 0 Å². The van der Waals surface area contributed by atoms with E-state index in [0.717, 1.165) is 53.3 Å². The van der Waals surface area contributed by atoms with Crippen molar-refractivity contribution in [3.63, 3.8) is 0 Å². The third-order valence-corrected chi connectivity index (χ3v) is 5.32. The van der Waals surface area contributed by atoms with Gasteiger partial charge in [-0.05, 0) is 30.6 Å². The first-order valence-electron chi connectivity index (χ1n) is 8.77. The average molecular weight is 443 g/mol. The van der Waals surface area contributed by atoms with Gasteiger partial charge in [-0.1, -0.05) is 12.1 Å². The summed E-state index contributed by atoms with van der Waals surface area (Å²) < 4.78 is 0. The van der Waals surface area contributed by atoms with Crippen LogP contribution in [0.3, 0.4) is 0 Å². The minimum absolute atomic E-state index is 0. The van der Waals surface area contributed by atoms with Crippen LogP contribution in [0.2, 0.25) is 0 Å². The Kier molecular flexibility index (Phi) is 8.18. The Hall–Kier alpha value is -1.74. The van der Waals surface area contributed by atoms with Crippen LogP contribution in [0.25, 0.3) is 11.0 Å². The molecule has 4 N–H and O–H groups in total. The van der Waals surface area contributed by atoms with Gasteiger partial charge in [-0.15, -0.1) is 24.8 Å². The summed E-state index contributed by atoms with van der Waals surface area (Å²) in [6.07, 6.45) is 3.74. The Bertz CT molecular complexity index is 895. The largest absolute Gasteiger partial charge is 0.341 e. The van der Waals surface area contributed by atoms with Crippen molar-refractivity contribution in [2.45, 2.75) is 25.4 Å². The Morgan fingerprint density at radius 2 is 2.14 bits per heavy atom. The Morgan fingerprint density at radius 3 is 2.93 bits per heavy atom. The molecule has 3 aromatic rings. The van der Waals surface area contributed by atoms with E-state index in [1.165, 1.54) is 0 Å². The van der Waals surface area contributed by atoms with Gasteiger partial charge in [0.1, 0.15) is 5.82 Å². The molecule has 1 unspecified atom stereocenters. The molecule has 1 aliphatic rings. The number of nitrogens with one attached hydrogen (secondary N) is 4. The van der Waals surface area contributed by atoms with Gasteiger partial charge in [-0.3, -0.25) is 9.89 Å². The molecule has 28 heavy (non-hydrogen) atoms. The summed E-state index contributed by atoms with van der Waals surface area (Å²) >= 11 is 1.75. The number of aromatic amines is 2. The molecular formula is C18H24Cl2N6OS. The van der Waals surface area contributed by atoms with Gasteiger partial charge in [0.25, 0.3) is 5.91 Å². The first-order valence-corrected chi connectivity index (χ1v) is 10.2. The monoisotopic (exact) mass is 442 g/mol. The predicted octanol–water partition coefficient (Wildman–Crippen LogP) is 3.00. The molecule has 1 aliphatic heterocycles. The highest BCUT2D eigenvalue weighted by molar-refractivity contribution is 7.98.